The Morgan fingerprint density at radius 1 is 0.902 bits per heavy atom. The van der Waals surface area contributed by atoms with E-state index in [2.05, 4.69) is 50.2 Å². The van der Waals surface area contributed by atoms with Crippen LogP contribution in [0.1, 0.15) is 60.5 Å². The lowest BCUT2D eigenvalue weighted by Crippen LogP contribution is -2.40. The summed E-state index contributed by atoms with van der Waals surface area (Å²) in [5.74, 6) is 0.887. The molecule has 0 aliphatic carbocycles. The molecule has 0 spiro atoms. The highest BCUT2D eigenvalue weighted by Crippen LogP contribution is 2.36. The fourth-order valence-corrected chi connectivity index (χ4v) is 7.48. The van der Waals surface area contributed by atoms with Gasteiger partial charge in [0.1, 0.15) is 6.61 Å². The summed E-state index contributed by atoms with van der Waals surface area (Å²) in [5, 5.41) is 2.24. The van der Waals surface area contributed by atoms with E-state index in [4.69, 9.17) is 19.2 Å². The second-order valence-electron chi connectivity index (χ2n) is 12.6. The molecule has 2 heterocycles. The zero-order valence-corrected chi connectivity index (χ0v) is 29.8. The standard InChI is InChI=1S/C43H38N2O5S/c1-5-49-42(47)37-38(30-14-7-6-8-15-30)44-43-45(39(37)31-23-21-28(22-24-31)27(2)3)41(46)36(51-43)25-32-17-12-20-35(48-4)40(32)50-26-33-18-11-16-29-13-9-10-19-34(29)33/h6-25,27,39H,5,26H2,1-4H3/b36-25-/t39-/m0/s1. The van der Waals surface area contributed by atoms with E-state index in [1.54, 1.807) is 18.6 Å². The summed E-state index contributed by atoms with van der Waals surface area (Å²) in [6, 6.07) is 36.9. The monoisotopic (exact) mass is 694 g/mol. The molecule has 0 bridgehead atoms. The maximum absolute atomic E-state index is 14.6. The summed E-state index contributed by atoms with van der Waals surface area (Å²) in [7, 11) is 1.60. The van der Waals surface area contributed by atoms with Crippen molar-refractivity contribution in [3.63, 3.8) is 0 Å². The zero-order chi connectivity index (χ0) is 35.5. The fourth-order valence-electron chi connectivity index (χ4n) is 6.49. The Bertz CT molecular complexity index is 2440. The number of para-hydroxylation sites is 1. The van der Waals surface area contributed by atoms with Crippen molar-refractivity contribution in [2.24, 2.45) is 4.99 Å². The molecule has 256 valence electrons. The topological polar surface area (TPSA) is 79.1 Å². The number of thiazole rings is 1. The van der Waals surface area contributed by atoms with Crippen molar-refractivity contribution in [3.05, 3.63) is 168 Å². The zero-order valence-electron chi connectivity index (χ0n) is 29.0. The van der Waals surface area contributed by atoms with Crippen LogP contribution in [-0.4, -0.2) is 24.3 Å². The summed E-state index contributed by atoms with van der Waals surface area (Å²) in [4.78, 5) is 33.9. The molecule has 8 heteroatoms. The quantitative estimate of drug-likeness (QED) is 0.137. The van der Waals surface area contributed by atoms with Gasteiger partial charge in [-0.2, -0.15) is 0 Å². The van der Waals surface area contributed by atoms with E-state index in [0.717, 1.165) is 33.0 Å². The van der Waals surface area contributed by atoms with Gasteiger partial charge in [-0.3, -0.25) is 9.36 Å². The van der Waals surface area contributed by atoms with E-state index < -0.39 is 12.0 Å². The number of ether oxygens (including phenoxy) is 3. The highest BCUT2D eigenvalue weighted by molar-refractivity contribution is 7.07. The van der Waals surface area contributed by atoms with E-state index in [-0.39, 0.29) is 12.2 Å². The molecule has 5 aromatic carbocycles. The maximum Gasteiger partial charge on any atom is 0.338 e. The molecule has 1 aliphatic rings. The Morgan fingerprint density at radius 2 is 1.63 bits per heavy atom. The number of fused-ring (bicyclic) bond motifs is 2. The molecular weight excluding hydrogens is 657 g/mol. The van der Waals surface area contributed by atoms with Crippen molar-refractivity contribution in [2.45, 2.75) is 39.3 Å². The van der Waals surface area contributed by atoms with Gasteiger partial charge >= 0.3 is 5.97 Å². The molecule has 7 nitrogen and oxygen atoms in total. The Hall–Kier alpha value is -5.73. The predicted molar refractivity (Wildman–Crippen MR) is 203 cm³/mol. The first-order chi connectivity index (χ1) is 24.9. The van der Waals surface area contributed by atoms with E-state index in [0.29, 0.717) is 50.2 Å². The number of esters is 1. The van der Waals surface area contributed by atoms with Gasteiger partial charge in [0.15, 0.2) is 16.3 Å². The number of methoxy groups -OCH3 is 1. The molecule has 51 heavy (non-hydrogen) atoms. The summed E-state index contributed by atoms with van der Waals surface area (Å²) in [6.45, 7) is 6.53. The second kappa shape index (κ2) is 14.6. The molecule has 0 fully saturated rings. The number of carbonyl (C=O) groups is 1. The molecule has 0 N–H and O–H groups in total. The van der Waals surface area contributed by atoms with Crippen LogP contribution < -0.4 is 24.4 Å². The Labute approximate surface area is 300 Å². The lowest BCUT2D eigenvalue weighted by molar-refractivity contribution is -0.138. The minimum absolute atomic E-state index is 0.186. The smallest absolute Gasteiger partial charge is 0.338 e. The molecule has 7 rings (SSSR count). The van der Waals surface area contributed by atoms with Gasteiger partial charge in [-0.15, -0.1) is 0 Å². The van der Waals surface area contributed by atoms with Crippen LogP contribution in [0.25, 0.3) is 22.5 Å². The Kier molecular flexibility index (Phi) is 9.68. The van der Waals surface area contributed by atoms with E-state index in [1.807, 2.05) is 84.9 Å². The van der Waals surface area contributed by atoms with Crippen LogP contribution in [0.5, 0.6) is 11.5 Å². The van der Waals surface area contributed by atoms with E-state index in [1.165, 1.54) is 11.3 Å². The molecule has 1 aliphatic heterocycles. The van der Waals surface area contributed by atoms with Gasteiger partial charge in [0.2, 0.25) is 0 Å². The predicted octanol–water partition coefficient (Wildman–Crippen LogP) is 7.80. The van der Waals surface area contributed by atoms with Gasteiger partial charge < -0.3 is 14.2 Å². The van der Waals surface area contributed by atoms with Crippen LogP contribution in [0.4, 0.5) is 0 Å². The molecule has 0 saturated heterocycles. The normalized spacial score (nSPS) is 14.4. The van der Waals surface area contributed by atoms with Gasteiger partial charge in [-0.1, -0.05) is 134 Å². The summed E-state index contributed by atoms with van der Waals surface area (Å²) < 4.78 is 19.9. The van der Waals surface area contributed by atoms with Crippen molar-refractivity contribution in [1.82, 2.24) is 4.57 Å². The largest absolute Gasteiger partial charge is 0.493 e. The molecular formula is C43H38N2O5S. The minimum atomic E-state index is -0.758. The number of benzene rings is 5. The van der Waals surface area contributed by atoms with Crippen LogP contribution in [0.2, 0.25) is 0 Å². The minimum Gasteiger partial charge on any atom is -0.493 e. The van der Waals surface area contributed by atoms with Crippen molar-refractivity contribution in [2.75, 3.05) is 13.7 Å². The number of hydrogen-bond acceptors (Lipinski definition) is 7. The summed E-state index contributed by atoms with van der Waals surface area (Å²) in [5.41, 5.74) is 4.97. The van der Waals surface area contributed by atoms with Crippen LogP contribution in [-0.2, 0) is 16.1 Å². The van der Waals surface area contributed by atoms with E-state index in [9.17, 15) is 9.59 Å². The fraction of sp³-hybridized carbons (Fsp3) is 0.186. The highest BCUT2D eigenvalue weighted by Gasteiger charge is 2.35. The molecule has 0 radical (unpaired) electrons. The number of carbonyl (C=O) groups excluding carboxylic acids is 1. The molecule has 1 atom stereocenters. The molecule has 0 amide bonds. The SMILES string of the molecule is CCOC(=O)C1=C(c2ccccc2)N=c2s/c(=C\c3cccc(OC)c3OCc3cccc4ccccc34)c(=O)n2[C@H]1c1ccc(C(C)C)cc1. The van der Waals surface area contributed by atoms with Crippen molar-refractivity contribution in [3.8, 4) is 11.5 Å². The second-order valence-corrected chi connectivity index (χ2v) is 13.6. The number of hydrogen-bond donors (Lipinski definition) is 0. The van der Waals surface area contributed by atoms with Gasteiger partial charge in [0, 0.05) is 11.1 Å². The van der Waals surface area contributed by atoms with Gasteiger partial charge in [-0.05, 0) is 52.4 Å². The van der Waals surface area contributed by atoms with Crippen LogP contribution in [0.15, 0.2) is 131 Å². The highest BCUT2D eigenvalue weighted by atomic mass is 32.1. The van der Waals surface area contributed by atoms with Crippen molar-refractivity contribution >= 4 is 39.9 Å². The Morgan fingerprint density at radius 3 is 2.37 bits per heavy atom. The lowest BCUT2D eigenvalue weighted by atomic mass is 9.91. The molecule has 1 aromatic heterocycles. The lowest BCUT2D eigenvalue weighted by Gasteiger charge is -2.26. The van der Waals surface area contributed by atoms with Crippen molar-refractivity contribution in [1.29, 1.82) is 0 Å². The van der Waals surface area contributed by atoms with Gasteiger partial charge in [0.05, 0.1) is 35.6 Å². The first kappa shape index (κ1) is 33.8. The average molecular weight is 695 g/mol. The van der Waals surface area contributed by atoms with Crippen LogP contribution in [0, 0.1) is 0 Å². The van der Waals surface area contributed by atoms with Crippen LogP contribution >= 0.6 is 11.3 Å². The van der Waals surface area contributed by atoms with Gasteiger partial charge in [0.25, 0.3) is 5.56 Å². The third kappa shape index (κ3) is 6.62. The molecule has 6 aromatic rings. The molecule has 0 saturated carbocycles. The molecule has 0 unspecified atom stereocenters. The third-order valence-corrected chi connectivity index (χ3v) is 10.0. The number of nitrogens with zero attached hydrogens (tertiary/aromatic N) is 2. The average Bonchev–Trinajstić information content (AvgIpc) is 3.47. The summed E-state index contributed by atoms with van der Waals surface area (Å²) >= 11 is 1.27. The maximum atomic E-state index is 14.6. The first-order valence-electron chi connectivity index (χ1n) is 17.0. The Balaban J connectivity index is 1.40. The van der Waals surface area contributed by atoms with Crippen LogP contribution in [0.3, 0.4) is 0 Å². The van der Waals surface area contributed by atoms with Crippen molar-refractivity contribution < 1.29 is 19.0 Å². The van der Waals surface area contributed by atoms with Gasteiger partial charge in [-0.25, -0.2) is 9.79 Å². The summed E-state index contributed by atoms with van der Waals surface area (Å²) in [6.07, 6.45) is 1.82. The first-order valence-corrected chi connectivity index (χ1v) is 17.8. The number of rotatable bonds is 10. The third-order valence-electron chi connectivity index (χ3n) is 9.06. The number of aromatic nitrogens is 1. The van der Waals surface area contributed by atoms with E-state index >= 15 is 0 Å².